The van der Waals surface area contributed by atoms with Crippen LogP contribution in [0, 0.1) is 25.2 Å². The largest absolute Gasteiger partial charge is 0.354 e. The smallest absolute Gasteiger partial charge is 0.126 e. The van der Waals surface area contributed by atoms with Gasteiger partial charge in [0.05, 0.1) is 11.3 Å². The van der Waals surface area contributed by atoms with E-state index < -0.39 is 0 Å². The molecule has 0 saturated heterocycles. The minimum Gasteiger partial charge on any atom is -0.354 e. The number of nitrogens with one attached hydrogen (secondary N) is 2. The van der Waals surface area contributed by atoms with Crippen molar-refractivity contribution in [1.29, 1.82) is 5.26 Å². The van der Waals surface area contributed by atoms with Gasteiger partial charge in [0.25, 0.3) is 0 Å². The lowest BCUT2D eigenvalue weighted by Crippen LogP contribution is -2.22. The molecule has 0 spiro atoms. The van der Waals surface area contributed by atoms with Crippen LogP contribution in [0.3, 0.4) is 0 Å². The fourth-order valence-corrected chi connectivity index (χ4v) is 4.34. The number of hydrogen-bond acceptors (Lipinski definition) is 5. The maximum Gasteiger partial charge on any atom is 0.126 e. The van der Waals surface area contributed by atoms with Crippen molar-refractivity contribution >= 4 is 32.9 Å². The summed E-state index contributed by atoms with van der Waals surface area (Å²) in [6, 6.07) is 8.59. The molecule has 0 unspecified atom stereocenters. The molecule has 120 valence electrons. The van der Waals surface area contributed by atoms with Gasteiger partial charge in [-0.2, -0.15) is 5.26 Å². The second-order valence-electron chi connectivity index (χ2n) is 6.19. The van der Waals surface area contributed by atoms with Gasteiger partial charge in [-0.3, -0.25) is 0 Å². The summed E-state index contributed by atoms with van der Waals surface area (Å²) in [4.78, 5) is 6.86. The quantitative estimate of drug-likeness (QED) is 0.738. The Morgan fingerprint density at radius 1 is 1.29 bits per heavy atom. The summed E-state index contributed by atoms with van der Waals surface area (Å²) >= 11 is 1.73. The highest BCUT2D eigenvalue weighted by atomic mass is 32.1. The van der Waals surface area contributed by atoms with Crippen LogP contribution in [-0.2, 0) is 13.0 Å². The zero-order valence-corrected chi connectivity index (χ0v) is 14.5. The average molecular weight is 334 g/mol. The van der Waals surface area contributed by atoms with E-state index in [1.807, 2.05) is 0 Å². The molecule has 0 bridgehead atoms. The summed E-state index contributed by atoms with van der Waals surface area (Å²) in [5.41, 5.74) is 6.34. The van der Waals surface area contributed by atoms with Gasteiger partial charge in [-0.25, -0.2) is 4.98 Å². The standard InChI is InChI=1S/C19H18N4S/c1-11-3-4-14(7-12(11)2)23-18-13(8-20)9-22-19-17(18)15-5-6-21-10-16(15)24-19/h3-4,7,9,21H,5-6,10H2,1-2H3,(H,22,23). The third kappa shape index (κ3) is 2.44. The van der Waals surface area contributed by atoms with Crippen LogP contribution < -0.4 is 10.6 Å². The molecule has 0 radical (unpaired) electrons. The molecule has 3 heterocycles. The molecule has 0 amide bonds. The molecule has 0 atom stereocenters. The van der Waals surface area contributed by atoms with E-state index >= 15 is 0 Å². The number of nitriles is 1. The van der Waals surface area contributed by atoms with Crippen LogP contribution in [-0.4, -0.2) is 11.5 Å². The lowest BCUT2D eigenvalue weighted by Gasteiger charge is -2.15. The van der Waals surface area contributed by atoms with Crippen molar-refractivity contribution in [3.05, 3.63) is 51.5 Å². The highest BCUT2D eigenvalue weighted by Crippen LogP contribution is 2.39. The Morgan fingerprint density at radius 2 is 2.17 bits per heavy atom. The maximum absolute atomic E-state index is 9.56. The Labute approximate surface area is 145 Å². The number of nitrogens with zero attached hydrogens (tertiary/aromatic N) is 2. The van der Waals surface area contributed by atoms with E-state index in [2.05, 4.69) is 53.7 Å². The summed E-state index contributed by atoms with van der Waals surface area (Å²) < 4.78 is 0. The van der Waals surface area contributed by atoms with Gasteiger partial charge in [-0.1, -0.05) is 6.07 Å². The number of rotatable bonds is 2. The number of anilines is 2. The Kier molecular flexibility index (Phi) is 3.72. The molecule has 3 aromatic rings. The molecule has 4 nitrogen and oxygen atoms in total. The number of fused-ring (bicyclic) bond motifs is 3. The van der Waals surface area contributed by atoms with Crippen molar-refractivity contribution in [2.45, 2.75) is 26.8 Å². The van der Waals surface area contributed by atoms with Crippen LogP contribution >= 0.6 is 11.3 Å². The lowest BCUT2D eigenvalue weighted by atomic mass is 10.0. The molecule has 4 rings (SSSR count). The van der Waals surface area contributed by atoms with Crippen molar-refractivity contribution < 1.29 is 0 Å². The second-order valence-corrected chi connectivity index (χ2v) is 7.28. The van der Waals surface area contributed by atoms with Gasteiger partial charge in [0, 0.05) is 28.7 Å². The van der Waals surface area contributed by atoms with Crippen LogP contribution in [0.4, 0.5) is 11.4 Å². The van der Waals surface area contributed by atoms with Crippen molar-refractivity contribution in [1.82, 2.24) is 10.3 Å². The van der Waals surface area contributed by atoms with E-state index in [0.717, 1.165) is 41.1 Å². The molecule has 1 aliphatic rings. The number of thiophene rings is 1. The van der Waals surface area contributed by atoms with Crippen molar-refractivity contribution in [3.63, 3.8) is 0 Å². The highest BCUT2D eigenvalue weighted by Gasteiger charge is 2.21. The highest BCUT2D eigenvalue weighted by molar-refractivity contribution is 7.19. The Hall–Kier alpha value is -2.42. The van der Waals surface area contributed by atoms with Crippen LogP contribution in [0.5, 0.6) is 0 Å². The van der Waals surface area contributed by atoms with Gasteiger partial charge >= 0.3 is 0 Å². The van der Waals surface area contributed by atoms with Gasteiger partial charge in [0.2, 0.25) is 0 Å². The second kappa shape index (κ2) is 5.90. The van der Waals surface area contributed by atoms with E-state index in [0.29, 0.717) is 5.56 Å². The molecule has 2 N–H and O–H groups in total. The molecule has 5 heteroatoms. The number of hydrogen-bond donors (Lipinski definition) is 2. The van der Waals surface area contributed by atoms with Crippen LogP contribution in [0.1, 0.15) is 27.1 Å². The summed E-state index contributed by atoms with van der Waals surface area (Å²) in [6.07, 6.45) is 2.66. The van der Waals surface area contributed by atoms with Gasteiger partial charge in [0.15, 0.2) is 0 Å². The van der Waals surface area contributed by atoms with Crippen molar-refractivity contribution in [2.24, 2.45) is 0 Å². The fraction of sp³-hybridized carbons (Fsp3) is 0.263. The van der Waals surface area contributed by atoms with Gasteiger partial charge < -0.3 is 10.6 Å². The Balaban J connectivity index is 1.90. The van der Waals surface area contributed by atoms with E-state index in [1.165, 1.54) is 21.6 Å². The number of pyridine rings is 1. The van der Waals surface area contributed by atoms with Crippen LogP contribution in [0.15, 0.2) is 24.4 Å². The van der Waals surface area contributed by atoms with E-state index in [1.54, 1.807) is 17.5 Å². The SMILES string of the molecule is Cc1ccc(Nc2c(C#N)cnc3sc4c(c23)CCNC4)cc1C. The molecule has 1 aromatic carbocycles. The van der Waals surface area contributed by atoms with Gasteiger partial charge in [-0.05, 0) is 55.6 Å². The molecule has 2 aromatic heterocycles. The summed E-state index contributed by atoms with van der Waals surface area (Å²) in [6.45, 7) is 6.07. The van der Waals surface area contributed by atoms with Gasteiger partial charge in [0.1, 0.15) is 10.9 Å². The maximum atomic E-state index is 9.56. The van der Waals surface area contributed by atoms with E-state index in [4.69, 9.17) is 0 Å². The molecular weight excluding hydrogens is 316 g/mol. The first-order valence-corrected chi connectivity index (χ1v) is 8.87. The third-order valence-electron chi connectivity index (χ3n) is 4.64. The zero-order valence-electron chi connectivity index (χ0n) is 13.7. The van der Waals surface area contributed by atoms with E-state index in [-0.39, 0.29) is 0 Å². The Morgan fingerprint density at radius 3 is 2.96 bits per heavy atom. The molecule has 24 heavy (non-hydrogen) atoms. The van der Waals surface area contributed by atoms with Crippen LogP contribution in [0.25, 0.3) is 10.2 Å². The number of benzene rings is 1. The predicted molar refractivity (Wildman–Crippen MR) is 98.9 cm³/mol. The average Bonchev–Trinajstić information content (AvgIpc) is 2.97. The minimum absolute atomic E-state index is 0.597. The molecule has 0 fully saturated rings. The topological polar surface area (TPSA) is 60.7 Å². The third-order valence-corrected chi connectivity index (χ3v) is 5.78. The van der Waals surface area contributed by atoms with E-state index in [9.17, 15) is 5.26 Å². The summed E-state index contributed by atoms with van der Waals surface area (Å²) in [7, 11) is 0. The first-order chi connectivity index (χ1) is 11.7. The minimum atomic E-state index is 0.597. The molecule has 0 aliphatic carbocycles. The number of aryl methyl sites for hydroxylation is 2. The Bertz CT molecular complexity index is 981. The summed E-state index contributed by atoms with van der Waals surface area (Å²) in [5, 5.41) is 17.6. The normalized spacial score (nSPS) is 13.5. The molecule has 1 aliphatic heterocycles. The monoisotopic (exact) mass is 334 g/mol. The molecule has 0 saturated carbocycles. The summed E-state index contributed by atoms with van der Waals surface area (Å²) in [5.74, 6) is 0. The van der Waals surface area contributed by atoms with Crippen molar-refractivity contribution in [3.8, 4) is 6.07 Å². The fourth-order valence-electron chi connectivity index (χ4n) is 3.17. The van der Waals surface area contributed by atoms with Gasteiger partial charge in [-0.15, -0.1) is 11.3 Å². The predicted octanol–water partition coefficient (Wildman–Crippen LogP) is 4.17. The zero-order chi connectivity index (χ0) is 16.7. The molecular formula is C19H18N4S. The first-order valence-electron chi connectivity index (χ1n) is 8.05. The lowest BCUT2D eigenvalue weighted by molar-refractivity contribution is 0.657. The van der Waals surface area contributed by atoms with Crippen molar-refractivity contribution in [2.75, 3.05) is 11.9 Å². The first kappa shape index (κ1) is 15.1. The number of aromatic nitrogens is 1. The van der Waals surface area contributed by atoms with Crippen LogP contribution in [0.2, 0.25) is 0 Å².